The van der Waals surface area contributed by atoms with E-state index in [0.29, 0.717) is 4.99 Å². The van der Waals surface area contributed by atoms with Crippen LogP contribution in [-0.4, -0.2) is 4.99 Å². The average molecular weight is 386 g/mol. The van der Waals surface area contributed by atoms with Crippen LogP contribution in [0.2, 0.25) is 0 Å². The third kappa shape index (κ3) is 3.31. The molecule has 0 saturated carbocycles. The van der Waals surface area contributed by atoms with E-state index in [9.17, 15) is 0 Å². The molecular formula is C13H10Br2N2S. The highest BCUT2D eigenvalue weighted by atomic mass is 79.9. The predicted molar refractivity (Wildman–Crippen MR) is 87.5 cm³/mol. The third-order valence-corrected chi connectivity index (χ3v) is 3.72. The molecule has 2 rings (SSSR count). The third-order valence-electron chi connectivity index (χ3n) is 2.35. The van der Waals surface area contributed by atoms with Crippen molar-refractivity contribution in [3.05, 3.63) is 57.0 Å². The molecule has 0 aliphatic carbocycles. The number of thiocarbonyl (C=S) groups is 1. The molecule has 2 aromatic rings. The molecule has 0 atom stereocenters. The second-order valence-corrected chi connectivity index (χ2v) is 5.90. The fourth-order valence-electron chi connectivity index (χ4n) is 1.53. The molecule has 0 radical (unpaired) electrons. The molecule has 0 aliphatic rings. The summed E-state index contributed by atoms with van der Waals surface area (Å²) in [6, 6.07) is 13.8. The SMILES string of the molecule is NC(=S)c1ccc(Nc2cccc(Br)c2)cc1Br. The first kappa shape index (κ1) is 13.5. The summed E-state index contributed by atoms with van der Waals surface area (Å²) in [5.74, 6) is 0. The summed E-state index contributed by atoms with van der Waals surface area (Å²) < 4.78 is 1.92. The number of benzene rings is 2. The van der Waals surface area contributed by atoms with E-state index >= 15 is 0 Å². The number of anilines is 2. The van der Waals surface area contributed by atoms with Crippen LogP contribution in [-0.2, 0) is 0 Å². The standard InChI is InChI=1S/C13H10Br2N2S/c14-8-2-1-3-9(6-8)17-10-4-5-11(13(16)18)12(15)7-10/h1-7,17H,(H2,16,18). The summed E-state index contributed by atoms with van der Waals surface area (Å²) in [6.45, 7) is 0. The van der Waals surface area contributed by atoms with Crippen molar-refractivity contribution >= 4 is 60.4 Å². The summed E-state index contributed by atoms with van der Waals surface area (Å²) in [5, 5.41) is 3.31. The topological polar surface area (TPSA) is 38.0 Å². The Balaban J connectivity index is 2.25. The lowest BCUT2D eigenvalue weighted by Crippen LogP contribution is -2.10. The van der Waals surface area contributed by atoms with Gasteiger partial charge in [0, 0.05) is 25.9 Å². The molecule has 0 bridgehead atoms. The van der Waals surface area contributed by atoms with Crippen LogP contribution in [0.3, 0.4) is 0 Å². The first-order valence-corrected chi connectivity index (χ1v) is 7.17. The van der Waals surface area contributed by atoms with Crippen LogP contribution in [0, 0.1) is 0 Å². The van der Waals surface area contributed by atoms with E-state index in [1.807, 2.05) is 42.5 Å². The van der Waals surface area contributed by atoms with Gasteiger partial charge in [0.15, 0.2) is 0 Å². The first-order chi connectivity index (χ1) is 8.56. The Kier molecular flexibility index (Phi) is 4.37. The summed E-state index contributed by atoms with van der Waals surface area (Å²) in [7, 11) is 0. The van der Waals surface area contributed by atoms with Gasteiger partial charge in [0.05, 0.1) is 0 Å². The van der Waals surface area contributed by atoms with E-state index in [-0.39, 0.29) is 0 Å². The molecule has 0 heterocycles. The lowest BCUT2D eigenvalue weighted by Gasteiger charge is -2.09. The highest BCUT2D eigenvalue weighted by molar-refractivity contribution is 9.10. The highest BCUT2D eigenvalue weighted by Gasteiger charge is 2.04. The van der Waals surface area contributed by atoms with Gasteiger partial charge in [0.1, 0.15) is 4.99 Å². The zero-order valence-corrected chi connectivity index (χ0v) is 13.3. The summed E-state index contributed by atoms with van der Waals surface area (Å²) >= 11 is 11.9. The van der Waals surface area contributed by atoms with Crippen molar-refractivity contribution in [2.75, 3.05) is 5.32 Å². The van der Waals surface area contributed by atoms with Gasteiger partial charge in [-0.1, -0.05) is 34.2 Å². The van der Waals surface area contributed by atoms with Crippen LogP contribution in [0.15, 0.2) is 51.4 Å². The van der Waals surface area contributed by atoms with Gasteiger partial charge in [0.25, 0.3) is 0 Å². The molecule has 0 unspecified atom stereocenters. The number of rotatable bonds is 3. The maximum Gasteiger partial charge on any atom is 0.105 e. The van der Waals surface area contributed by atoms with E-state index in [0.717, 1.165) is 25.9 Å². The number of nitrogens with one attached hydrogen (secondary N) is 1. The van der Waals surface area contributed by atoms with Crippen LogP contribution in [0.4, 0.5) is 11.4 Å². The molecule has 0 aromatic heterocycles. The molecule has 3 N–H and O–H groups in total. The van der Waals surface area contributed by atoms with Crippen molar-refractivity contribution in [1.29, 1.82) is 0 Å². The van der Waals surface area contributed by atoms with E-state index in [1.165, 1.54) is 0 Å². The van der Waals surface area contributed by atoms with Gasteiger partial charge in [-0.05, 0) is 52.3 Å². The number of halogens is 2. The predicted octanol–water partition coefficient (Wildman–Crippen LogP) is 4.59. The largest absolute Gasteiger partial charge is 0.389 e. The first-order valence-electron chi connectivity index (χ1n) is 5.18. The Hall–Kier alpha value is -0.910. The van der Waals surface area contributed by atoms with Crippen molar-refractivity contribution < 1.29 is 0 Å². The van der Waals surface area contributed by atoms with Crippen LogP contribution < -0.4 is 11.1 Å². The Morgan fingerprint density at radius 3 is 2.39 bits per heavy atom. The maximum absolute atomic E-state index is 5.61. The monoisotopic (exact) mass is 384 g/mol. The van der Waals surface area contributed by atoms with Crippen LogP contribution in [0.1, 0.15) is 5.56 Å². The second-order valence-electron chi connectivity index (χ2n) is 3.69. The summed E-state index contributed by atoms with van der Waals surface area (Å²) in [5.41, 5.74) is 8.44. The Bertz CT molecular complexity index is 599. The summed E-state index contributed by atoms with van der Waals surface area (Å²) in [4.78, 5) is 0.385. The minimum Gasteiger partial charge on any atom is -0.389 e. The lowest BCUT2D eigenvalue weighted by atomic mass is 10.2. The van der Waals surface area contributed by atoms with Crippen molar-refractivity contribution in [2.45, 2.75) is 0 Å². The fraction of sp³-hybridized carbons (Fsp3) is 0. The zero-order chi connectivity index (χ0) is 13.1. The van der Waals surface area contributed by atoms with Gasteiger partial charge in [-0.3, -0.25) is 0 Å². The molecule has 0 amide bonds. The zero-order valence-electron chi connectivity index (χ0n) is 9.28. The summed E-state index contributed by atoms with van der Waals surface area (Å²) in [6.07, 6.45) is 0. The van der Waals surface area contributed by atoms with Gasteiger partial charge in [0.2, 0.25) is 0 Å². The average Bonchev–Trinajstić information content (AvgIpc) is 2.28. The Morgan fingerprint density at radius 2 is 1.78 bits per heavy atom. The minimum absolute atomic E-state index is 0.385. The van der Waals surface area contributed by atoms with Gasteiger partial charge in [-0.2, -0.15) is 0 Å². The second kappa shape index (κ2) is 5.82. The molecule has 0 spiro atoms. The minimum atomic E-state index is 0.385. The Morgan fingerprint density at radius 1 is 1.06 bits per heavy atom. The molecule has 0 fully saturated rings. The molecule has 2 aromatic carbocycles. The van der Waals surface area contributed by atoms with Crippen molar-refractivity contribution in [1.82, 2.24) is 0 Å². The van der Waals surface area contributed by atoms with Crippen LogP contribution >= 0.6 is 44.1 Å². The van der Waals surface area contributed by atoms with Crippen LogP contribution in [0.25, 0.3) is 0 Å². The maximum atomic E-state index is 5.61. The molecule has 2 nitrogen and oxygen atoms in total. The smallest absolute Gasteiger partial charge is 0.105 e. The lowest BCUT2D eigenvalue weighted by molar-refractivity contribution is 1.50. The van der Waals surface area contributed by atoms with Gasteiger partial charge in [-0.15, -0.1) is 0 Å². The van der Waals surface area contributed by atoms with E-state index < -0.39 is 0 Å². The van der Waals surface area contributed by atoms with Crippen molar-refractivity contribution in [3.8, 4) is 0 Å². The van der Waals surface area contributed by atoms with Crippen molar-refractivity contribution in [3.63, 3.8) is 0 Å². The molecule has 18 heavy (non-hydrogen) atoms. The molecular weight excluding hydrogens is 376 g/mol. The molecule has 92 valence electrons. The highest BCUT2D eigenvalue weighted by Crippen LogP contribution is 2.25. The molecule has 0 saturated heterocycles. The van der Waals surface area contributed by atoms with Crippen LogP contribution in [0.5, 0.6) is 0 Å². The van der Waals surface area contributed by atoms with E-state index in [2.05, 4.69) is 37.2 Å². The van der Waals surface area contributed by atoms with E-state index in [1.54, 1.807) is 0 Å². The quantitative estimate of drug-likeness (QED) is 0.759. The molecule has 5 heteroatoms. The van der Waals surface area contributed by atoms with Crippen molar-refractivity contribution in [2.24, 2.45) is 5.73 Å². The number of hydrogen-bond donors (Lipinski definition) is 2. The van der Waals surface area contributed by atoms with Gasteiger partial charge >= 0.3 is 0 Å². The fourth-order valence-corrected chi connectivity index (χ4v) is 2.83. The molecule has 0 aliphatic heterocycles. The normalized spacial score (nSPS) is 10.1. The van der Waals surface area contributed by atoms with E-state index in [4.69, 9.17) is 18.0 Å². The van der Waals surface area contributed by atoms with Gasteiger partial charge in [-0.25, -0.2) is 0 Å². The number of hydrogen-bond acceptors (Lipinski definition) is 2. The number of nitrogens with two attached hydrogens (primary N) is 1. The van der Waals surface area contributed by atoms with Gasteiger partial charge < -0.3 is 11.1 Å². The Labute approximate surface area is 128 Å².